The molecule has 7 heteroatoms. The van der Waals surface area contributed by atoms with Crippen molar-refractivity contribution < 1.29 is 19.4 Å². The van der Waals surface area contributed by atoms with Crippen LogP contribution in [-0.4, -0.2) is 38.9 Å². The van der Waals surface area contributed by atoms with Crippen LogP contribution in [0.4, 0.5) is 0 Å². The van der Waals surface area contributed by atoms with Crippen molar-refractivity contribution in [2.24, 2.45) is 0 Å². The van der Waals surface area contributed by atoms with Gasteiger partial charge in [0, 0.05) is 6.20 Å². The molecular formula is C21H21N3O4. The summed E-state index contributed by atoms with van der Waals surface area (Å²) in [5, 5.41) is 16.6. The molecule has 7 nitrogen and oxygen atoms in total. The van der Waals surface area contributed by atoms with E-state index in [1.54, 1.807) is 42.1 Å². The quantitative estimate of drug-likeness (QED) is 0.658. The van der Waals surface area contributed by atoms with Crippen LogP contribution in [0.2, 0.25) is 0 Å². The van der Waals surface area contributed by atoms with Gasteiger partial charge < -0.3 is 15.2 Å². The number of aromatic nitrogens is 2. The van der Waals surface area contributed by atoms with Gasteiger partial charge in [-0.15, -0.1) is 0 Å². The summed E-state index contributed by atoms with van der Waals surface area (Å²) < 4.78 is 7.14. The zero-order chi connectivity index (χ0) is 20.1. The maximum atomic E-state index is 12.8. The molecule has 0 bridgehead atoms. The predicted octanol–water partition coefficient (Wildman–Crippen LogP) is 2.83. The summed E-state index contributed by atoms with van der Waals surface area (Å²) >= 11 is 0. The van der Waals surface area contributed by atoms with Gasteiger partial charge in [0.05, 0.1) is 16.9 Å². The first-order valence-corrected chi connectivity index (χ1v) is 8.74. The van der Waals surface area contributed by atoms with Crippen LogP contribution >= 0.6 is 0 Å². The van der Waals surface area contributed by atoms with Crippen LogP contribution in [0.25, 0.3) is 5.69 Å². The molecule has 0 aliphatic carbocycles. The van der Waals surface area contributed by atoms with Crippen LogP contribution < -0.4 is 10.1 Å². The molecular weight excluding hydrogens is 358 g/mol. The second kappa shape index (κ2) is 7.96. The molecule has 0 saturated carbocycles. The minimum atomic E-state index is -1.60. The Morgan fingerprint density at radius 3 is 2.32 bits per heavy atom. The van der Waals surface area contributed by atoms with Gasteiger partial charge in [-0.05, 0) is 38.1 Å². The van der Waals surface area contributed by atoms with Gasteiger partial charge in [0.2, 0.25) is 0 Å². The van der Waals surface area contributed by atoms with E-state index in [0.29, 0.717) is 17.0 Å². The average molecular weight is 379 g/mol. The van der Waals surface area contributed by atoms with E-state index < -0.39 is 17.4 Å². The molecule has 3 rings (SSSR count). The number of carbonyl (C=O) groups is 2. The molecule has 3 aromatic rings. The zero-order valence-electron chi connectivity index (χ0n) is 15.6. The number of amides is 1. The fourth-order valence-electron chi connectivity index (χ4n) is 2.61. The number of nitrogens with one attached hydrogen (secondary N) is 1. The molecule has 1 amide bonds. The Kier molecular flexibility index (Phi) is 5.44. The monoisotopic (exact) mass is 379 g/mol. The standard InChI is InChI=1S/C21H21N3O4/c1-15-18(13-24(23-15)16-9-5-3-6-10-16)19(25)22-21(2,20(26)27)14-28-17-11-7-4-8-12-17/h3-13H,14H2,1-2H3,(H,22,25)(H,26,27)/t21-/m0/s1. The number of carboxylic acids is 1. The number of benzene rings is 2. The van der Waals surface area contributed by atoms with E-state index in [-0.39, 0.29) is 6.61 Å². The topological polar surface area (TPSA) is 93.5 Å². The van der Waals surface area contributed by atoms with Gasteiger partial charge in [-0.3, -0.25) is 4.79 Å². The van der Waals surface area contributed by atoms with Crippen LogP contribution in [0.5, 0.6) is 5.75 Å². The fraction of sp³-hybridized carbons (Fsp3) is 0.190. The Morgan fingerprint density at radius 1 is 1.11 bits per heavy atom. The molecule has 0 unspecified atom stereocenters. The second-order valence-electron chi connectivity index (χ2n) is 6.60. The van der Waals surface area contributed by atoms with E-state index in [1.165, 1.54) is 6.92 Å². The average Bonchev–Trinajstić information content (AvgIpc) is 3.10. The summed E-state index contributed by atoms with van der Waals surface area (Å²) in [4.78, 5) is 24.6. The molecule has 2 N–H and O–H groups in total. The van der Waals surface area contributed by atoms with Crippen molar-refractivity contribution in [2.45, 2.75) is 19.4 Å². The van der Waals surface area contributed by atoms with E-state index in [2.05, 4.69) is 10.4 Å². The van der Waals surface area contributed by atoms with Crippen molar-refractivity contribution in [3.05, 3.63) is 78.1 Å². The van der Waals surface area contributed by atoms with Crippen LogP contribution in [-0.2, 0) is 4.79 Å². The van der Waals surface area contributed by atoms with Crippen LogP contribution in [0.15, 0.2) is 66.9 Å². The lowest BCUT2D eigenvalue weighted by Gasteiger charge is -2.26. The van der Waals surface area contributed by atoms with Crippen molar-refractivity contribution in [2.75, 3.05) is 6.61 Å². The smallest absolute Gasteiger partial charge is 0.332 e. The Balaban J connectivity index is 1.77. The highest BCUT2D eigenvalue weighted by Crippen LogP contribution is 2.16. The van der Waals surface area contributed by atoms with Gasteiger partial charge in [-0.1, -0.05) is 36.4 Å². The van der Waals surface area contributed by atoms with Gasteiger partial charge in [-0.2, -0.15) is 5.10 Å². The first kappa shape index (κ1) is 19.2. The number of carboxylic acid groups (broad SMARTS) is 1. The molecule has 2 aromatic carbocycles. The molecule has 0 saturated heterocycles. The SMILES string of the molecule is Cc1nn(-c2ccccc2)cc1C(=O)N[C@@](C)(COc1ccccc1)C(=O)O. The number of nitrogens with zero attached hydrogens (tertiary/aromatic N) is 2. The highest BCUT2D eigenvalue weighted by atomic mass is 16.5. The number of aryl methyl sites for hydroxylation is 1. The summed E-state index contributed by atoms with van der Waals surface area (Å²) in [6.07, 6.45) is 1.58. The van der Waals surface area contributed by atoms with Gasteiger partial charge >= 0.3 is 5.97 Å². The molecule has 28 heavy (non-hydrogen) atoms. The molecule has 1 atom stereocenters. The number of ether oxygens (including phenoxy) is 1. The summed E-state index contributed by atoms with van der Waals surface area (Å²) in [6, 6.07) is 18.2. The molecule has 1 aromatic heterocycles. The molecule has 0 fully saturated rings. The van der Waals surface area contributed by atoms with E-state index in [1.807, 2.05) is 36.4 Å². The van der Waals surface area contributed by atoms with Gasteiger partial charge in [-0.25, -0.2) is 9.48 Å². The highest BCUT2D eigenvalue weighted by molar-refractivity contribution is 5.98. The molecule has 0 radical (unpaired) electrons. The van der Waals surface area contributed by atoms with Crippen molar-refractivity contribution in [1.82, 2.24) is 15.1 Å². The number of rotatable bonds is 7. The maximum Gasteiger partial charge on any atom is 0.332 e. The summed E-state index contributed by atoms with van der Waals surface area (Å²) in [5.74, 6) is -1.19. The maximum absolute atomic E-state index is 12.8. The first-order chi connectivity index (χ1) is 13.4. The van der Waals surface area contributed by atoms with Crippen LogP contribution in [0, 0.1) is 6.92 Å². The van der Waals surface area contributed by atoms with E-state index in [4.69, 9.17) is 4.74 Å². The largest absolute Gasteiger partial charge is 0.491 e. The number of aliphatic carboxylic acids is 1. The van der Waals surface area contributed by atoms with Crippen molar-refractivity contribution in [3.63, 3.8) is 0 Å². The Hall–Kier alpha value is -3.61. The molecule has 0 spiro atoms. The first-order valence-electron chi connectivity index (χ1n) is 8.74. The number of hydrogen-bond acceptors (Lipinski definition) is 4. The Labute approximate surface area is 162 Å². The third-order valence-electron chi connectivity index (χ3n) is 4.30. The number of para-hydroxylation sites is 2. The third kappa shape index (κ3) is 4.20. The summed E-state index contributed by atoms with van der Waals surface area (Å²) in [7, 11) is 0. The molecule has 144 valence electrons. The third-order valence-corrected chi connectivity index (χ3v) is 4.30. The lowest BCUT2D eigenvalue weighted by Crippen LogP contribution is -2.56. The normalized spacial score (nSPS) is 12.8. The zero-order valence-corrected chi connectivity index (χ0v) is 15.6. The Bertz CT molecular complexity index is 970. The van der Waals surface area contributed by atoms with Gasteiger partial charge in [0.1, 0.15) is 12.4 Å². The van der Waals surface area contributed by atoms with E-state index >= 15 is 0 Å². The van der Waals surface area contributed by atoms with Crippen molar-refractivity contribution in [3.8, 4) is 11.4 Å². The van der Waals surface area contributed by atoms with E-state index in [9.17, 15) is 14.7 Å². The summed E-state index contributed by atoms with van der Waals surface area (Å²) in [5.41, 5.74) is 0.000893. The fourth-order valence-corrected chi connectivity index (χ4v) is 2.61. The lowest BCUT2D eigenvalue weighted by molar-refractivity contribution is -0.145. The van der Waals surface area contributed by atoms with Crippen LogP contribution in [0.3, 0.4) is 0 Å². The second-order valence-corrected chi connectivity index (χ2v) is 6.60. The predicted molar refractivity (Wildman–Crippen MR) is 104 cm³/mol. The molecule has 0 aliphatic heterocycles. The van der Waals surface area contributed by atoms with Crippen molar-refractivity contribution in [1.29, 1.82) is 0 Å². The number of carbonyl (C=O) groups excluding carboxylic acids is 1. The molecule has 1 heterocycles. The molecule has 0 aliphatic rings. The minimum absolute atomic E-state index is 0.218. The van der Waals surface area contributed by atoms with Crippen molar-refractivity contribution >= 4 is 11.9 Å². The minimum Gasteiger partial charge on any atom is -0.491 e. The Morgan fingerprint density at radius 2 is 1.71 bits per heavy atom. The number of hydrogen-bond donors (Lipinski definition) is 2. The van der Waals surface area contributed by atoms with Gasteiger partial charge in [0.15, 0.2) is 5.54 Å². The summed E-state index contributed by atoms with van der Waals surface area (Å²) in [6.45, 7) is 2.89. The lowest BCUT2D eigenvalue weighted by atomic mass is 10.0. The highest BCUT2D eigenvalue weighted by Gasteiger charge is 2.37. The van der Waals surface area contributed by atoms with Crippen LogP contribution in [0.1, 0.15) is 23.0 Å². The van der Waals surface area contributed by atoms with Gasteiger partial charge in [0.25, 0.3) is 5.91 Å². The van der Waals surface area contributed by atoms with E-state index in [0.717, 1.165) is 5.69 Å².